The summed E-state index contributed by atoms with van der Waals surface area (Å²) < 4.78 is 54.6. The highest BCUT2D eigenvalue weighted by atomic mass is 32.2. The Bertz CT molecular complexity index is 645. The van der Waals surface area contributed by atoms with E-state index in [1.165, 1.54) is 0 Å². The van der Waals surface area contributed by atoms with E-state index >= 15 is 0 Å². The molecule has 1 aromatic carbocycles. The molecule has 3 N–H and O–H groups in total. The van der Waals surface area contributed by atoms with Gasteiger partial charge < -0.3 is 5.73 Å². The Morgan fingerprint density at radius 2 is 2.05 bits per heavy atom. The molecule has 7 heteroatoms. The quantitative estimate of drug-likeness (QED) is 0.894. The first-order valence-corrected chi connectivity index (χ1v) is 8.36. The van der Waals surface area contributed by atoms with Crippen LogP contribution in [0.2, 0.25) is 0 Å². The van der Waals surface area contributed by atoms with Crippen molar-refractivity contribution < 1.29 is 17.2 Å². The molecule has 21 heavy (non-hydrogen) atoms. The highest BCUT2D eigenvalue weighted by Gasteiger charge is 2.38. The van der Waals surface area contributed by atoms with Gasteiger partial charge in [-0.05, 0) is 36.0 Å². The molecule has 0 bridgehead atoms. The number of rotatable bonds is 4. The Morgan fingerprint density at radius 3 is 2.57 bits per heavy atom. The predicted octanol–water partition coefficient (Wildman–Crippen LogP) is 2.28. The van der Waals surface area contributed by atoms with Crippen molar-refractivity contribution in [2.24, 2.45) is 11.1 Å². The lowest BCUT2D eigenvalue weighted by Gasteiger charge is -2.27. The van der Waals surface area contributed by atoms with Gasteiger partial charge in [0.25, 0.3) is 0 Å². The van der Waals surface area contributed by atoms with Gasteiger partial charge >= 0.3 is 0 Å². The first-order chi connectivity index (χ1) is 9.67. The lowest BCUT2D eigenvalue weighted by atomic mass is 9.88. The van der Waals surface area contributed by atoms with Crippen molar-refractivity contribution in [2.75, 3.05) is 0 Å². The molecule has 1 saturated carbocycles. The van der Waals surface area contributed by atoms with E-state index in [-0.39, 0.29) is 23.6 Å². The molecule has 1 atom stereocenters. The maximum atomic E-state index is 13.8. The van der Waals surface area contributed by atoms with Crippen molar-refractivity contribution in [2.45, 2.75) is 50.6 Å². The molecule has 1 aliphatic rings. The van der Waals surface area contributed by atoms with Crippen LogP contribution in [0.15, 0.2) is 17.0 Å². The van der Waals surface area contributed by atoms with Crippen LogP contribution < -0.4 is 10.5 Å². The molecule has 0 spiro atoms. The average molecular weight is 318 g/mol. The number of sulfonamides is 1. The molecule has 0 aromatic heterocycles. The van der Waals surface area contributed by atoms with Gasteiger partial charge in [-0.1, -0.05) is 20.3 Å². The molecule has 1 unspecified atom stereocenters. The molecule has 0 saturated heterocycles. The zero-order valence-corrected chi connectivity index (χ0v) is 12.9. The second kappa shape index (κ2) is 5.62. The Balaban J connectivity index is 2.38. The molecular weight excluding hydrogens is 298 g/mol. The second-order valence-electron chi connectivity index (χ2n) is 6.15. The van der Waals surface area contributed by atoms with Crippen molar-refractivity contribution in [3.05, 3.63) is 29.3 Å². The van der Waals surface area contributed by atoms with Crippen LogP contribution in [-0.4, -0.2) is 14.5 Å². The van der Waals surface area contributed by atoms with E-state index in [0.29, 0.717) is 6.42 Å². The fourth-order valence-corrected chi connectivity index (χ4v) is 4.30. The van der Waals surface area contributed by atoms with Gasteiger partial charge in [0.1, 0.15) is 4.90 Å². The van der Waals surface area contributed by atoms with E-state index in [2.05, 4.69) is 4.72 Å². The number of halogens is 2. The van der Waals surface area contributed by atoms with Crippen molar-refractivity contribution in [1.29, 1.82) is 0 Å². The van der Waals surface area contributed by atoms with Gasteiger partial charge in [0.15, 0.2) is 11.6 Å². The zero-order valence-electron chi connectivity index (χ0n) is 12.1. The van der Waals surface area contributed by atoms with Crippen molar-refractivity contribution in [1.82, 2.24) is 4.72 Å². The smallest absolute Gasteiger partial charge is 0.243 e. The minimum absolute atomic E-state index is 0.0609. The number of nitrogens with two attached hydrogens (primary N) is 1. The van der Waals surface area contributed by atoms with Crippen LogP contribution in [0.3, 0.4) is 0 Å². The lowest BCUT2D eigenvalue weighted by Crippen LogP contribution is -2.41. The second-order valence-corrected chi connectivity index (χ2v) is 7.83. The molecule has 118 valence electrons. The largest absolute Gasteiger partial charge is 0.326 e. The van der Waals surface area contributed by atoms with Gasteiger partial charge in [0.05, 0.1) is 0 Å². The molecule has 1 aromatic rings. The Morgan fingerprint density at radius 1 is 1.38 bits per heavy atom. The maximum absolute atomic E-state index is 13.8. The van der Waals surface area contributed by atoms with Gasteiger partial charge in [0, 0.05) is 12.6 Å². The van der Waals surface area contributed by atoms with E-state index in [4.69, 9.17) is 5.73 Å². The minimum Gasteiger partial charge on any atom is -0.326 e. The van der Waals surface area contributed by atoms with E-state index in [9.17, 15) is 17.2 Å². The van der Waals surface area contributed by atoms with E-state index < -0.39 is 26.6 Å². The number of nitrogens with one attached hydrogen (secondary N) is 1. The van der Waals surface area contributed by atoms with Gasteiger partial charge in [-0.3, -0.25) is 0 Å². The lowest BCUT2D eigenvalue weighted by molar-refractivity contribution is 0.312. The first-order valence-electron chi connectivity index (χ1n) is 6.88. The van der Waals surface area contributed by atoms with Crippen LogP contribution in [0.5, 0.6) is 0 Å². The fraction of sp³-hybridized carbons (Fsp3) is 0.571. The summed E-state index contributed by atoms with van der Waals surface area (Å²) in [7, 11) is -4.12. The molecule has 0 heterocycles. The predicted molar refractivity (Wildman–Crippen MR) is 76.0 cm³/mol. The van der Waals surface area contributed by atoms with Crippen LogP contribution in [0.1, 0.15) is 38.7 Å². The topological polar surface area (TPSA) is 72.2 Å². The van der Waals surface area contributed by atoms with Crippen LogP contribution in [0.4, 0.5) is 8.78 Å². The number of hydrogen-bond acceptors (Lipinski definition) is 3. The maximum Gasteiger partial charge on any atom is 0.243 e. The van der Waals surface area contributed by atoms with Gasteiger partial charge in [-0.2, -0.15) is 0 Å². The molecule has 1 fully saturated rings. The average Bonchev–Trinajstić information content (AvgIpc) is 2.71. The van der Waals surface area contributed by atoms with Crippen LogP contribution in [0, 0.1) is 17.0 Å². The van der Waals surface area contributed by atoms with Gasteiger partial charge in [-0.15, -0.1) is 0 Å². The van der Waals surface area contributed by atoms with Crippen molar-refractivity contribution >= 4 is 10.0 Å². The third-order valence-corrected chi connectivity index (χ3v) is 5.61. The molecule has 0 radical (unpaired) electrons. The normalized spacial score (nSPS) is 21.7. The van der Waals surface area contributed by atoms with Crippen molar-refractivity contribution in [3.63, 3.8) is 0 Å². The van der Waals surface area contributed by atoms with E-state index in [1.54, 1.807) is 0 Å². The summed E-state index contributed by atoms with van der Waals surface area (Å²) in [5.41, 5.74) is 5.42. The standard InChI is InChI=1S/C14H20F2N2O2S/c1-14(2)5-3-4-12(14)18-21(19,20)11-7-9(8-17)6-10(15)13(11)16/h6-7,12,18H,3-5,8,17H2,1-2H3. The van der Waals surface area contributed by atoms with Gasteiger partial charge in [-0.25, -0.2) is 21.9 Å². The molecule has 1 aliphatic carbocycles. The summed E-state index contributed by atoms with van der Waals surface area (Å²) in [5.74, 6) is -2.57. The number of benzene rings is 1. The van der Waals surface area contributed by atoms with Crippen LogP contribution in [-0.2, 0) is 16.6 Å². The monoisotopic (exact) mass is 318 g/mol. The summed E-state index contributed by atoms with van der Waals surface area (Å²) in [4.78, 5) is -0.675. The summed E-state index contributed by atoms with van der Waals surface area (Å²) in [6.45, 7) is 3.86. The van der Waals surface area contributed by atoms with E-state index in [1.807, 2.05) is 13.8 Å². The van der Waals surface area contributed by atoms with Gasteiger partial charge in [0.2, 0.25) is 10.0 Å². The minimum atomic E-state index is -4.12. The Kier molecular flexibility index (Phi) is 4.37. The molecule has 0 aliphatic heterocycles. The van der Waals surface area contributed by atoms with Crippen LogP contribution in [0.25, 0.3) is 0 Å². The van der Waals surface area contributed by atoms with Crippen molar-refractivity contribution in [3.8, 4) is 0 Å². The molecule has 4 nitrogen and oxygen atoms in total. The summed E-state index contributed by atoms with van der Waals surface area (Å²) in [5, 5.41) is 0. The Hall–Kier alpha value is -1.05. The highest BCUT2D eigenvalue weighted by molar-refractivity contribution is 7.89. The Labute approximate surface area is 123 Å². The number of hydrogen-bond donors (Lipinski definition) is 2. The summed E-state index contributed by atoms with van der Waals surface area (Å²) in [6.07, 6.45) is 2.48. The molecule has 2 rings (SSSR count). The summed E-state index contributed by atoms with van der Waals surface area (Å²) in [6, 6.07) is 1.71. The summed E-state index contributed by atoms with van der Waals surface area (Å²) >= 11 is 0. The highest BCUT2D eigenvalue weighted by Crippen LogP contribution is 2.38. The molecule has 0 amide bonds. The van der Waals surface area contributed by atoms with E-state index in [0.717, 1.165) is 25.0 Å². The van der Waals surface area contributed by atoms with Crippen LogP contribution >= 0.6 is 0 Å². The third kappa shape index (κ3) is 3.25. The zero-order chi connectivity index (χ0) is 15.8. The molecular formula is C14H20F2N2O2S. The fourth-order valence-electron chi connectivity index (χ4n) is 2.73. The third-order valence-electron chi connectivity index (χ3n) is 4.13. The first kappa shape index (κ1) is 16.3. The SMILES string of the molecule is CC1(C)CCCC1NS(=O)(=O)c1cc(CN)cc(F)c1F.